The molecular weight excluding hydrogens is 282 g/mol. The molecule has 126 valence electrons. The molecule has 2 fully saturated rings. The smallest absolute Gasteiger partial charge is 0.226 e. The van der Waals surface area contributed by atoms with Crippen LogP contribution in [0.3, 0.4) is 0 Å². The Morgan fingerprint density at radius 3 is 2.59 bits per heavy atom. The third-order valence-corrected chi connectivity index (χ3v) is 5.24. The standard InChI is InChI=1S/C16H29N3O3/c1-11(20)13(15(22)18-9-12-4-2-5-12)8-14(21)16(10-17)6-3-7-19-16/h11-13,19-20H,2-10,17H2,1H3,(H,18,22)/t11-,13+,16?/m1/s1. The van der Waals surface area contributed by atoms with Gasteiger partial charge in [0, 0.05) is 19.5 Å². The molecule has 2 aliphatic rings. The van der Waals surface area contributed by atoms with E-state index in [1.165, 1.54) is 6.42 Å². The maximum atomic E-state index is 12.6. The van der Waals surface area contributed by atoms with Gasteiger partial charge in [-0.15, -0.1) is 0 Å². The van der Waals surface area contributed by atoms with Crippen LogP contribution in [-0.4, -0.2) is 48.1 Å². The molecule has 0 radical (unpaired) electrons. The molecule has 0 bridgehead atoms. The van der Waals surface area contributed by atoms with Gasteiger partial charge in [0.2, 0.25) is 5.91 Å². The van der Waals surface area contributed by atoms with Gasteiger partial charge in [-0.25, -0.2) is 0 Å². The highest BCUT2D eigenvalue weighted by Crippen LogP contribution is 2.26. The van der Waals surface area contributed by atoms with E-state index in [0.29, 0.717) is 18.9 Å². The van der Waals surface area contributed by atoms with Crippen LogP contribution >= 0.6 is 0 Å². The quantitative estimate of drug-likeness (QED) is 0.503. The van der Waals surface area contributed by atoms with Crippen molar-refractivity contribution in [2.45, 2.75) is 57.1 Å². The van der Waals surface area contributed by atoms with Crippen LogP contribution in [0.2, 0.25) is 0 Å². The Balaban J connectivity index is 1.92. The summed E-state index contributed by atoms with van der Waals surface area (Å²) in [5, 5.41) is 16.0. The molecule has 1 heterocycles. The summed E-state index contributed by atoms with van der Waals surface area (Å²) >= 11 is 0. The van der Waals surface area contributed by atoms with Crippen molar-refractivity contribution in [3.05, 3.63) is 0 Å². The first-order valence-corrected chi connectivity index (χ1v) is 8.42. The number of aliphatic hydroxyl groups is 1. The van der Waals surface area contributed by atoms with E-state index in [2.05, 4.69) is 10.6 Å². The van der Waals surface area contributed by atoms with Gasteiger partial charge in [0.15, 0.2) is 5.78 Å². The van der Waals surface area contributed by atoms with Crippen molar-refractivity contribution in [1.82, 2.24) is 10.6 Å². The average Bonchev–Trinajstić information content (AvgIpc) is 2.92. The Morgan fingerprint density at radius 1 is 1.41 bits per heavy atom. The number of Topliss-reactive ketones (excluding diaryl/α,β-unsaturated/α-hetero) is 1. The first kappa shape index (κ1) is 17.4. The van der Waals surface area contributed by atoms with E-state index in [-0.39, 0.29) is 24.7 Å². The van der Waals surface area contributed by atoms with E-state index in [0.717, 1.165) is 25.8 Å². The van der Waals surface area contributed by atoms with Crippen molar-refractivity contribution >= 4 is 11.7 Å². The molecule has 2 rings (SSSR count). The van der Waals surface area contributed by atoms with Gasteiger partial charge in [0.25, 0.3) is 0 Å². The number of rotatable bonds is 8. The molecule has 0 aromatic heterocycles. The second kappa shape index (κ2) is 7.53. The monoisotopic (exact) mass is 311 g/mol. The van der Waals surface area contributed by atoms with Crippen molar-refractivity contribution in [2.75, 3.05) is 19.6 Å². The molecule has 0 aromatic carbocycles. The van der Waals surface area contributed by atoms with Crippen LogP contribution in [0.4, 0.5) is 0 Å². The number of nitrogens with two attached hydrogens (primary N) is 1. The molecule has 1 saturated heterocycles. The molecule has 22 heavy (non-hydrogen) atoms. The number of aliphatic hydroxyl groups excluding tert-OH is 1. The third kappa shape index (κ3) is 3.86. The van der Waals surface area contributed by atoms with Gasteiger partial charge in [-0.2, -0.15) is 0 Å². The van der Waals surface area contributed by atoms with Crippen molar-refractivity contribution < 1.29 is 14.7 Å². The highest BCUT2D eigenvalue weighted by Gasteiger charge is 2.41. The Labute approximate surface area is 132 Å². The maximum Gasteiger partial charge on any atom is 0.226 e. The van der Waals surface area contributed by atoms with Gasteiger partial charge in [0.1, 0.15) is 0 Å². The highest BCUT2D eigenvalue weighted by atomic mass is 16.3. The van der Waals surface area contributed by atoms with E-state index >= 15 is 0 Å². The fourth-order valence-corrected chi connectivity index (χ4v) is 3.28. The Kier molecular flexibility index (Phi) is 5.94. The lowest BCUT2D eigenvalue weighted by Gasteiger charge is -2.30. The summed E-state index contributed by atoms with van der Waals surface area (Å²) in [7, 11) is 0. The second-order valence-electron chi connectivity index (χ2n) is 6.83. The van der Waals surface area contributed by atoms with Crippen molar-refractivity contribution in [3.63, 3.8) is 0 Å². The van der Waals surface area contributed by atoms with Gasteiger partial charge >= 0.3 is 0 Å². The molecule has 1 amide bonds. The first-order valence-electron chi connectivity index (χ1n) is 8.42. The van der Waals surface area contributed by atoms with Crippen LogP contribution in [-0.2, 0) is 9.59 Å². The Hall–Kier alpha value is -0.980. The predicted molar refractivity (Wildman–Crippen MR) is 84.2 cm³/mol. The van der Waals surface area contributed by atoms with Crippen LogP contribution < -0.4 is 16.4 Å². The fraction of sp³-hybridized carbons (Fsp3) is 0.875. The summed E-state index contributed by atoms with van der Waals surface area (Å²) < 4.78 is 0. The lowest BCUT2D eigenvalue weighted by molar-refractivity contribution is -0.135. The summed E-state index contributed by atoms with van der Waals surface area (Å²) in [6.07, 6.45) is 4.34. The molecule has 0 spiro atoms. The largest absolute Gasteiger partial charge is 0.393 e. The number of nitrogens with one attached hydrogen (secondary N) is 2. The molecule has 0 aromatic rings. The first-order chi connectivity index (χ1) is 10.5. The second-order valence-corrected chi connectivity index (χ2v) is 6.83. The lowest BCUT2D eigenvalue weighted by atomic mass is 9.83. The fourth-order valence-electron chi connectivity index (χ4n) is 3.28. The van der Waals surface area contributed by atoms with Crippen LogP contribution in [0, 0.1) is 11.8 Å². The van der Waals surface area contributed by atoms with E-state index < -0.39 is 17.6 Å². The molecule has 1 aliphatic carbocycles. The zero-order valence-electron chi connectivity index (χ0n) is 13.4. The Morgan fingerprint density at radius 2 is 2.14 bits per heavy atom. The van der Waals surface area contributed by atoms with Gasteiger partial charge in [0.05, 0.1) is 17.6 Å². The molecule has 6 nitrogen and oxygen atoms in total. The number of hydrogen-bond donors (Lipinski definition) is 4. The van der Waals surface area contributed by atoms with Gasteiger partial charge < -0.3 is 21.5 Å². The van der Waals surface area contributed by atoms with Crippen molar-refractivity contribution in [2.24, 2.45) is 17.6 Å². The summed E-state index contributed by atoms with van der Waals surface area (Å²) in [5.74, 6) is -0.419. The number of hydrogen-bond acceptors (Lipinski definition) is 5. The van der Waals surface area contributed by atoms with E-state index in [9.17, 15) is 14.7 Å². The molecule has 1 aliphatic heterocycles. The minimum atomic E-state index is -0.846. The summed E-state index contributed by atoms with van der Waals surface area (Å²) in [5.41, 5.74) is 5.07. The summed E-state index contributed by atoms with van der Waals surface area (Å²) in [6, 6.07) is 0. The molecule has 1 saturated carbocycles. The maximum absolute atomic E-state index is 12.6. The molecule has 3 atom stereocenters. The minimum Gasteiger partial charge on any atom is -0.393 e. The summed E-state index contributed by atoms with van der Waals surface area (Å²) in [4.78, 5) is 24.9. The zero-order valence-corrected chi connectivity index (χ0v) is 13.4. The average molecular weight is 311 g/mol. The number of carbonyl (C=O) groups excluding carboxylic acids is 2. The van der Waals surface area contributed by atoms with Gasteiger partial charge in [-0.05, 0) is 45.1 Å². The van der Waals surface area contributed by atoms with Gasteiger partial charge in [-0.3, -0.25) is 9.59 Å². The third-order valence-electron chi connectivity index (χ3n) is 5.24. The Bertz CT molecular complexity index is 401. The SMILES string of the molecule is C[C@@H](O)[C@H](CC(=O)C1(CN)CCCN1)C(=O)NCC1CCC1. The van der Waals surface area contributed by atoms with E-state index in [4.69, 9.17) is 5.73 Å². The summed E-state index contributed by atoms with van der Waals surface area (Å²) in [6.45, 7) is 3.23. The molecule has 5 N–H and O–H groups in total. The topological polar surface area (TPSA) is 104 Å². The van der Waals surface area contributed by atoms with Crippen molar-refractivity contribution in [3.8, 4) is 0 Å². The number of amides is 1. The number of carbonyl (C=O) groups is 2. The predicted octanol–water partition coefficient (Wildman–Crippen LogP) is -0.0602. The van der Waals surface area contributed by atoms with Crippen molar-refractivity contribution in [1.29, 1.82) is 0 Å². The van der Waals surface area contributed by atoms with E-state index in [1.54, 1.807) is 6.92 Å². The van der Waals surface area contributed by atoms with Crippen LogP contribution in [0.15, 0.2) is 0 Å². The number of ketones is 1. The highest BCUT2D eigenvalue weighted by molar-refractivity contribution is 5.93. The molecular formula is C16H29N3O3. The minimum absolute atomic E-state index is 0.0400. The molecule has 6 heteroatoms. The zero-order chi connectivity index (χ0) is 16.2. The van der Waals surface area contributed by atoms with Gasteiger partial charge in [-0.1, -0.05) is 6.42 Å². The lowest BCUT2D eigenvalue weighted by Crippen LogP contribution is -2.55. The van der Waals surface area contributed by atoms with Crippen LogP contribution in [0.5, 0.6) is 0 Å². The molecule has 1 unspecified atom stereocenters. The van der Waals surface area contributed by atoms with E-state index in [1.807, 2.05) is 0 Å². The van der Waals surface area contributed by atoms with Crippen LogP contribution in [0.25, 0.3) is 0 Å². The normalized spacial score (nSPS) is 28.0. The van der Waals surface area contributed by atoms with Crippen LogP contribution in [0.1, 0.15) is 45.4 Å².